The van der Waals surface area contributed by atoms with E-state index in [1.54, 1.807) is 24.3 Å². The van der Waals surface area contributed by atoms with Gasteiger partial charge in [-0.3, -0.25) is 9.59 Å². The molecule has 0 spiro atoms. The van der Waals surface area contributed by atoms with Gasteiger partial charge in [0.25, 0.3) is 0 Å². The highest BCUT2D eigenvalue weighted by Crippen LogP contribution is 2.21. The summed E-state index contributed by atoms with van der Waals surface area (Å²) in [4.78, 5) is 24.5. The fourth-order valence-corrected chi connectivity index (χ4v) is 2.80. The number of hydrogen-bond donors (Lipinski definition) is 5. The predicted molar refractivity (Wildman–Crippen MR) is 91.9 cm³/mol. The molecule has 1 aromatic carbocycles. The summed E-state index contributed by atoms with van der Waals surface area (Å²) >= 11 is 7.15. The van der Waals surface area contributed by atoms with E-state index in [9.17, 15) is 24.9 Å². The van der Waals surface area contributed by atoms with Crippen molar-refractivity contribution in [1.82, 2.24) is 10.6 Å². The predicted octanol–water partition coefficient (Wildman–Crippen LogP) is -0.231. The topological polar surface area (TPSA) is 119 Å². The SMILES string of the molecule is CC(=O)NC(CSc1ccc(Cl)cc1)C(=O)NC(CO)(CO)CO. The number of aliphatic hydroxyl groups is 3. The quantitative estimate of drug-likeness (QED) is 0.380. The van der Waals surface area contributed by atoms with Crippen LogP contribution in [0.2, 0.25) is 5.02 Å². The number of nitrogens with one attached hydrogen (secondary N) is 2. The Morgan fingerprint density at radius 3 is 2.17 bits per heavy atom. The number of rotatable bonds is 9. The number of amides is 2. The maximum absolute atomic E-state index is 12.4. The molecular weight excluding hydrogens is 356 g/mol. The van der Waals surface area contributed by atoms with Crippen LogP contribution in [-0.2, 0) is 9.59 Å². The number of hydrogen-bond acceptors (Lipinski definition) is 6. The first kappa shape index (κ1) is 20.7. The van der Waals surface area contributed by atoms with Crippen LogP contribution in [0, 0.1) is 0 Å². The van der Waals surface area contributed by atoms with Crippen LogP contribution in [-0.4, -0.2) is 64.3 Å². The third kappa shape index (κ3) is 6.29. The van der Waals surface area contributed by atoms with Gasteiger partial charge in [0.1, 0.15) is 11.6 Å². The lowest BCUT2D eigenvalue weighted by Gasteiger charge is -2.30. The van der Waals surface area contributed by atoms with Gasteiger partial charge in [-0.25, -0.2) is 0 Å². The number of carbonyl (C=O) groups is 2. The van der Waals surface area contributed by atoms with Crippen molar-refractivity contribution in [2.45, 2.75) is 23.4 Å². The lowest BCUT2D eigenvalue weighted by atomic mass is 10.0. The average Bonchev–Trinajstić information content (AvgIpc) is 2.57. The second kappa shape index (κ2) is 9.85. The minimum atomic E-state index is -1.54. The molecule has 0 radical (unpaired) electrons. The van der Waals surface area contributed by atoms with Crippen LogP contribution in [0.3, 0.4) is 0 Å². The molecule has 0 aromatic heterocycles. The Bertz CT molecular complexity index is 543. The number of halogens is 1. The molecule has 1 atom stereocenters. The van der Waals surface area contributed by atoms with Crippen LogP contribution in [0.1, 0.15) is 6.92 Å². The maximum Gasteiger partial charge on any atom is 0.244 e. The van der Waals surface area contributed by atoms with E-state index in [0.29, 0.717) is 5.02 Å². The Labute approximate surface area is 149 Å². The summed E-state index contributed by atoms with van der Waals surface area (Å²) in [6, 6.07) is 6.11. The van der Waals surface area contributed by atoms with Crippen LogP contribution in [0.4, 0.5) is 0 Å². The van der Waals surface area contributed by atoms with Gasteiger partial charge < -0.3 is 26.0 Å². The van der Waals surface area contributed by atoms with Crippen molar-refractivity contribution in [3.05, 3.63) is 29.3 Å². The molecular formula is C15H21ClN2O5S. The van der Waals surface area contributed by atoms with E-state index in [1.807, 2.05) is 0 Å². The van der Waals surface area contributed by atoms with Crippen molar-refractivity contribution in [2.24, 2.45) is 0 Å². The highest BCUT2D eigenvalue weighted by Gasteiger charge is 2.33. The van der Waals surface area contributed by atoms with Gasteiger partial charge >= 0.3 is 0 Å². The van der Waals surface area contributed by atoms with Crippen LogP contribution in [0.5, 0.6) is 0 Å². The number of thioether (sulfide) groups is 1. The molecule has 1 unspecified atom stereocenters. The van der Waals surface area contributed by atoms with Gasteiger partial charge in [0.15, 0.2) is 0 Å². The summed E-state index contributed by atoms with van der Waals surface area (Å²) < 4.78 is 0. The summed E-state index contributed by atoms with van der Waals surface area (Å²) in [5.41, 5.74) is -1.54. The summed E-state index contributed by atoms with van der Waals surface area (Å²) in [6.07, 6.45) is 0. The zero-order chi connectivity index (χ0) is 18.2. The van der Waals surface area contributed by atoms with E-state index < -0.39 is 43.2 Å². The molecule has 5 N–H and O–H groups in total. The van der Waals surface area contributed by atoms with Gasteiger partial charge in [0.2, 0.25) is 11.8 Å². The molecule has 0 bridgehead atoms. The molecule has 2 amide bonds. The standard InChI is InChI=1S/C15H21ClN2O5S/c1-10(22)17-13(6-24-12-4-2-11(16)3-5-12)14(23)18-15(7-19,8-20)9-21/h2-5,13,19-21H,6-9H2,1H3,(H,17,22)(H,18,23). The minimum absolute atomic E-state index is 0.228. The van der Waals surface area contributed by atoms with Gasteiger partial charge in [-0.2, -0.15) is 0 Å². The molecule has 0 fully saturated rings. The third-order valence-electron chi connectivity index (χ3n) is 3.22. The molecule has 24 heavy (non-hydrogen) atoms. The summed E-state index contributed by atoms with van der Waals surface area (Å²) in [7, 11) is 0. The van der Waals surface area contributed by atoms with Crippen LogP contribution in [0.25, 0.3) is 0 Å². The Morgan fingerprint density at radius 2 is 1.71 bits per heavy atom. The normalized spacial score (nSPS) is 12.5. The van der Waals surface area contributed by atoms with Crippen molar-refractivity contribution >= 4 is 35.2 Å². The Balaban J connectivity index is 2.78. The number of carbonyl (C=O) groups excluding carboxylic acids is 2. The van der Waals surface area contributed by atoms with Gasteiger partial charge in [0.05, 0.1) is 19.8 Å². The summed E-state index contributed by atoms with van der Waals surface area (Å²) in [5.74, 6) is -0.774. The first-order chi connectivity index (χ1) is 11.4. The van der Waals surface area contributed by atoms with Crippen molar-refractivity contribution in [3.63, 3.8) is 0 Å². The molecule has 0 saturated carbocycles. The first-order valence-electron chi connectivity index (χ1n) is 7.16. The maximum atomic E-state index is 12.4. The first-order valence-corrected chi connectivity index (χ1v) is 8.52. The van der Waals surface area contributed by atoms with Gasteiger partial charge in [-0.1, -0.05) is 11.6 Å². The van der Waals surface area contributed by atoms with E-state index >= 15 is 0 Å². The van der Waals surface area contributed by atoms with E-state index in [-0.39, 0.29) is 5.75 Å². The van der Waals surface area contributed by atoms with Crippen molar-refractivity contribution < 1.29 is 24.9 Å². The monoisotopic (exact) mass is 376 g/mol. The van der Waals surface area contributed by atoms with Crippen molar-refractivity contribution in [2.75, 3.05) is 25.6 Å². The van der Waals surface area contributed by atoms with Crippen LogP contribution in [0.15, 0.2) is 29.2 Å². The van der Waals surface area contributed by atoms with E-state index in [2.05, 4.69) is 10.6 Å². The highest BCUT2D eigenvalue weighted by atomic mass is 35.5. The zero-order valence-electron chi connectivity index (χ0n) is 13.2. The van der Waals surface area contributed by atoms with E-state index in [0.717, 1.165) is 4.90 Å². The summed E-state index contributed by atoms with van der Waals surface area (Å²) in [5, 5.41) is 33.3. The largest absolute Gasteiger partial charge is 0.394 e. The molecule has 134 valence electrons. The second-order valence-corrected chi connectivity index (χ2v) is 6.79. The molecule has 7 nitrogen and oxygen atoms in total. The molecule has 1 aromatic rings. The second-order valence-electron chi connectivity index (χ2n) is 5.26. The zero-order valence-corrected chi connectivity index (χ0v) is 14.7. The van der Waals surface area contributed by atoms with E-state index in [4.69, 9.17) is 11.6 Å². The molecule has 0 aliphatic heterocycles. The smallest absolute Gasteiger partial charge is 0.244 e. The summed E-state index contributed by atoms with van der Waals surface area (Å²) in [6.45, 7) is -0.626. The fraction of sp³-hybridized carbons (Fsp3) is 0.467. The Hall–Kier alpha value is -1.32. The van der Waals surface area contributed by atoms with Gasteiger partial charge in [-0.05, 0) is 24.3 Å². The molecule has 0 saturated heterocycles. The molecule has 0 aliphatic carbocycles. The molecule has 0 aliphatic rings. The lowest BCUT2D eigenvalue weighted by Crippen LogP contribution is -2.61. The minimum Gasteiger partial charge on any atom is -0.394 e. The number of aliphatic hydroxyl groups excluding tert-OH is 3. The van der Waals surface area contributed by atoms with Crippen molar-refractivity contribution in [1.29, 1.82) is 0 Å². The Morgan fingerprint density at radius 1 is 1.17 bits per heavy atom. The van der Waals surface area contributed by atoms with Gasteiger partial charge in [-0.15, -0.1) is 11.8 Å². The molecule has 1 rings (SSSR count). The molecule has 9 heteroatoms. The van der Waals surface area contributed by atoms with Crippen molar-refractivity contribution in [3.8, 4) is 0 Å². The average molecular weight is 377 g/mol. The van der Waals surface area contributed by atoms with Crippen LogP contribution < -0.4 is 10.6 Å². The third-order valence-corrected chi connectivity index (χ3v) is 4.58. The van der Waals surface area contributed by atoms with Gasteiger partial charge in [0, 0.05) is 22.6 Å². The Kier molecular flexibility index (Phi) is 8.51. The number of benzene rings is 1. The van der Waals surface area contributed by atoms with E-state index in [1.165, 1.54) is 18.7 Å². The lowest BCUT2D eigenvalue weighted by molar-refractivity contribution is -0.130. The highest BCUT2D eigenvalue weighted by molar-refractivity contribution is 7.99. The fourth-order valence-electron chi connectivity index (χ4n) is 1.76. The van der Waals surface area contributed by atoms with Crippen LogP contribution >= 0.6 is 23.4 Å². The molecule has 0 heterocycles.